The fourth-order valence-electron chi connectivity index (χ4n) is 2.15. The zero-order valence-electron chi connectivity index (χ0n) is 12.9. The molecule has 1 aromatic rings. The molecule has 0 bridgehead atoms. The van der Waals surface area contributed by atoms with E-state index in [0.29, 0.717) is 11.8 Å². The van der Waals surface area contributed by atoms with Crippen LogP contribution in [0.5, 0.6) is 0 Å². The SMILES string of the molecule is C=CC=C([CH]=[V])SCc1ccc(C(C)C)c(C(C)C)c1. The molecule has 0 atom stereocenters. The van der Waals surface area contributed by atoms with Crippen LogP contribution >= 0.6 is 11.8 Å². The number of thioether (sulfide) groups is 1. The van der Waals surface area contributed by atoms with Gasteiger partial charge in [0.2, 0.25) is 0 Å². The van der Waals surface area contributed by atoms with Gasteiger partial charge in [0.1, 0.15) is 0 Å². The summed E-state index contributed by atoms with van der Waals surface area (Å²) in [7, 11) is 0. The first-order valence-electron chi connectivity index (χ1n) is 7.05. The van der Waals surface area contributed by atoms with Crippen LogP contribution in [0, 0.1) is 0 Å². The fraction of sp³-hybridized carbons (Fsp3) is 0.389. The molecule has 0 aromatic heterocycles. The van der Waals surface area contributed by atoms with Gasteiger partial charge in [0, 0.05) is 0 Å². The molecule has 1 aromatic carbocycles. The quantitative estimate of drug-likeness (QED) is 0.590. The van der Waals surface area contributed by atoms with Crippen LogP contribution in [0.2, 0.25) is 0 Å². The fourth-order valence-corrected chi connectivity index (χ4v) is 3.41. The van der Waals surface area contributed by atoms with Crippen LogP contribution in [0.3, 0.4) is 0 Å². The summed E-state index contributed by atoms with van der Waals surface area (Å²) >= 11 is 4.37. The third kappa shape index (κ3) is 5.12. The first-order valence-corrected chi connectivity index (χ1v) is 8.84. The summed E-state index contributed by atoms with van der Waals surface area (Å²) < 4.78 is 2.07. The molecule has 1 rings (SSSR count). The number of hydrogen-bond acceptors (Lipinski definition) is 1. The summed E-state index contributed by atoms with van der Waals surface area (Å²) in [6, 6.07) is 6.95. The van der Waals surface area contributed by atoms with Crippen LogP contribution < -0.4 is 0 Å². The Labute approximate surface area is 137 Å². The van der Waals surface area contributed by atoms with E-state index < -0.39 is 0 Å². The van der Waals surface area contributed by atoms with Crippen molar-refractivity contribution in [2.24, 2.45) is 0 Å². The Hall–Kier alpha value is -0.496. The molecule has 2 heteroatoms. The molecule has 0 N–H and O–H groups in total. The summed E-state index contributed by atoms with van der Waals surface area (Å²) in [5.41, 5.74) is 4.37. The molecule has 0 radical (unpaired) electrons. The molecular weight excluding hydrogens is 299 g/mol. The van der Waals surface area contributed by atoms with Crippen molar-refractivity contribution in [3.8, 4) is 0 Å². The van der Waals surface area contributed by atoms with E-state index in [-0.39, 0.29) is 0 Å². The van der Waals surface area contributed by atoms with E-state index in [2.05, 4.69) is 80.3 Å². The average molecular weight is 323 g/mol. The molecule has 0 spiro atoms. The van der Waals surface area contributed by atoms with Gasteiger partial charge in [0.05, 0.1) is 0 Å². The second kappa shape index (κ2) is 8.72. The number of benzene rings is 1. The Kier molecular flexibility index (Phi) is 7.65. The van der Waals surface area contributed by atoms with Gasteiger partial charge in [0.25, 0.3) is 0 Å². The van der Waals surface area contributed by atoms with E-state index in [0.717, 1.165) is 5.75 Å². The van der Waals surface area contributed by atoms with Gasteiger partial charge in [0.15, 0.2) is 0 Å². The predicted molar refractivity (Wildman–Crippen MR) is 90.3 cm³/mol. The third-order valence-corrected chi connectivity index (χ3v) is 4.99. The van der Waals surface area contributed by atoms with Gasteiger partial charge >= 0.3 is 137 Å². The molecule has 0 heterocycles. The first-order chi connectivity index (χ1) is 9.49. The number of hydrogen-bond donors (Lipinski definition) is 0. The molecular formula is C18H24SV. The molecule has 0 aliphatic carbocycles. The summed E-state index contributed by atoms with van der Waals surface area (Å²) in [6.07, 6.45) is 3.89. The zero-order chi connectivity index (χ0) is 15.1. The van der Waals surface area contributed by atoms with Crippen LogP contribution in [0.4, 0.5) is 0 Å². The maximum absolute atomic E-state index is 3.76. The van der Waals surface area contributed by atoms with Crippen LogP contribution in [0.15, 0.2) is 41.8 Å². The Morgan fingerprint density at radius 2 is 1.85 bits per heavy atom. The van der Waals surface area contributed by atoms with Crippen LogP contribution in [-0.4, -0.2) is 4.73 Å². The maximum atomic E-state index is 3.76. The van der Waals surface area contributed by atoms with Crippen LogP contribution in [0.1, 0.15) is 56.2 Å². The van der Waals surface area contributed by atoms with Gasteiger partial charge in [-0.25, -0.2) is 0 Å². The van der Waals surface area contributed by atoms with Crippen molar-refractivity contribution in [2.45, 2.75) is 45.3 Å². The van der Waals surface area contributed by atoms with Crippen molar-refractivity contribution in [3.63, 3.8) is 0 Å². The zero-order valence-corrected chi connectivity index (χ0v) is 15.1. The van der Waals surface area contributed by atoms with Crippen molar-refractivity contribution < 1.29 is 17.0 Å². The molecule has 0 unspecified atom stereocenters. The van der Waals surface area contributed by atoms with Gasteiger partial charge in [-0.15, -0.1) is 0 Å². The van der Waals surface area contributed by atoms with E-state index in [1.165, 1.54) is 21.6 Å². The molecule has 20 heavy (non-hydrogen) atoms. The van der Waals surface area contributed by atoms with Crippen molar-refractivity contribution in [1.29, 1.82) is 0 Å². The Bertz CT molecular complexity index is 498. The van der Waals surface area contributed by atoms with E-state index in [4.69, 9.17) is 0 Å². The van der Waals surface area contributed by atoms with Crippen molar-refractivity contribution in [2.75, 3.05) is 0 Å². The summed E-state index contributed by atoms with van der Waals surface area (Å²) in [5.74, 6) is 2.17. The summed E-state index contributed by atoms with van der Waals surface area (Å²) in [4.78, 5) is 1.25. The monoisotopic (exact) mass is 323 g/mol. The van der Waals surface area contributed by atoms with Crippen molar-refractivity contribution >= 4 is 16.5 Å². The topological polar surface area (TPSA) is 0 Å². The van der Waals surface area contributed by atoms with Gasteiger partial charge < -0.3 is 0 Å². The van der Waals surface area contributed by atoms with Crippen molar-refractivity contribution in [3.05, 3.63) is 58.5 Å². The van der Waals surface area contributed by atoms with Crippen LogP contribution in [0.25, 0.3) is 0 Å². The Balaban J connectivity index is 2.92. The van der Waals surface area contributed by atoms with Crippen molar-refractivity contribution in [1.82, 2.24) is 0 Å². The van der Waals surface area contributed by atoms with Gasteiger partial charge in [-0.2, -0.15) is 0 Å². The van der Waals surface area contributed by atoms with Gasteiger partial charge in [-0.05, 0) is 0 Å². The molecule has 0 nitrogen and oxygen atoms in total. The first kappa shape index (κ1) is 17.6. The Morgan fingerprint density at radius 3 is 2.35 bits per heavy atom. The van der Waals surface area contributed by atoms with E-state index >= 15 is 0 Å². The summed E-state index contributed by atoms with van der Waals surface area (Å²) in [6.45, 7) is 12.8. The van der Waals surface area contributed by atoms with E-state index in [1.54, 1.807) is 0 Å². The molecule has 0 saturated carbocycles. The minimum absolute atomic E-state index is 0.579. The molecule has 0 saturated heterocycles. The van der Waals surface area contributed by atoms with E-state index in [1.807, 2.05) is 17.8 Å². The Morgan fingerprint density at radius 1 is 1.20 bits per heavy atom. The number of rotatable bonds is 7. The normalized spacial score (nSPS) is 11.9. The molecule has 0 fully saturated rings. The van der Waals surface area contributed by atoms with Gasteiger partial charge in [-0.1, -0.05) is 0 Å². The van der Waals surface area contributed by atoms with E-state index in [9.17, 15) is 0 Å². The second-order valence-electron chi connectivity index (χ2n) is 5.50. The average Bonchev–Trinajstić information content (AvgIpc) is 2.42. The standard InChI is InChI=1S/C18H24S.V/c1-7-8-15(6)19-12-16-9-10-17(13(2)3)18(11-16)14(4)5;/h6-11,13-14H,1,12H2,2-5H3;. The molecule has 0 aliphatic heterocycles. The van der Waals surface area contributed by atoms with Gasteiger partial charge in [-0.3, -0.25) is 0 Å². The predicted octanol–water partition coefficient (Wildman–Crippen LogP) is 5.59. The van der Waals surface area contributed by atoms with Crippen LogP contribution in [-0.2, 0) is 22.7 Å². The number of allylic oxidation sites excluding steroid dienone is 3. The second-order valence-corrected chi connectivity index (χ2v) is 6.95. The third-order valence-electron chi connectivity index (χ3n) is 3.21. The molecule has 107 valence electrons. The summed E-state index contributed by atoms with van der Waals surface area (Å²) in [5, 5.41) is 0. The minimum atomic E-state index is 0.579. The molecule has 0 amide bonds. The molecule has 0 aliphatic rings.